The Morgan fingerprint density at radius 3 is 3.06 bits per heavy atom. The molecule has 1 aromatic carbocycles. The molecule has 9 nitrogen and oxygen atoms in total. The van der Waals surface area contributed by atoms with Gasteiger partial charge in [0, 0.05) is 25.6 Å². The van der Waals surface area contributed by atoms with Gasteiger partial charge >= 0.3 is 6.03 Å². The highest BCUT2D eigenvalue weighted by Gasteiger charge is 2.32. The highest BCUT2D eigenvalue weighted by molar-refractivity contribution is 7.91. The molecule has 0 saturated heterocycles. The number of aromatic nitrogens is 2. The van der Waals surface area contributed by atoms with Gasteiger partial charge in [-0.15, -0.1) is 4.36 Å². The fourth-order valence-corrected chi connectivity index (χ4v) is 5.71. The van der Waals surface area contributed by atoms with E-state index in [-0.39, 0.29) is 23.3 Å². The molecule has 0 bridgehead atoms. The molecule has 11 heteroatoms. The van der Waals surface area contributed by atoms with E-state index in [0.717, 1.165) is 41.5 Å². The van der Waals surface area contributed by atoms with Gasteiger partial charge in [0.05, 0.1) is 19.3 Å². The number of ether oxygens (including phenoxy) is 2. The minimum Gasteiger partial charge on any atom is -0.469 e. The Hall–Kier alpha value is -2.50. The number of alkyl halides is 1. The standard InChI is InChI=1S/C20H24FN5O4S/c1-29-10-14-9-26-19(30-14)17(8-23-26)31(22,28)25-20(27)24-18-15-4-2-3-11(15)5-12-6-13(21)7-16(12)18/h5,8,13-14H,2-4,6-7,9-10H2,1H3,(H3,22,24,25,27,28)/t13-,14-,31-/m0/s1. The van der Waals surface area contributed by atoms with Crippen LogP contribution < -0.4 is 15.2 Å². The van der Waals surface area contributed by atoms with E-state index in [1.54, 1.807) is 7.11 Å². The predicted molar refractivity (Wildman–Crippen MR) is 111 cm³/mol. The van der Waals surface area contributed by atoms with Crippen LogP contribution in [0.2, 0.25) is 0 Å². The molecule has 0 spiro atoms. The summed E-state index contributed by atoms with van der Waals surface area (Å²) >= 11 is 0. The molecule has 2 aliphatic carbocycles. The van der Waals surface area contributed by atoms with Gasteiger partial charge in [-0.3, -0.25) is 0 Å². The molecule has 5 rings (SSSR count). The molecule has 0 unspecified atom stereocenters. The molecule has 31 heavy (non-hydrogen) atoms. The summed E-state index contributed by atoms with van der Waals surface area (Å²) in [5.41, 5.74) is 4.47. The van der Waals surface area contributed by atoms with E-state index < -0.39 is 22.1 Å². The summed E-state index contributed by atoms with van der Waals surface area (Å²) < 4.78 is 43.3. The van der Waals surface area contributed by atoms with Gasteiger partial charge in [-0.25, -0.2) is 23.2 Å². The van der Waals surface area contributed by atoms with Crippen molar-refractivity contribution in [1.82, 2.24) is 9.78 Å². The number of halogens is 1. The summed E-state index contributed by atoms with van der Waals surface area (Å²) in [6.07, 6.45) is 3.35. The van der Waals surface area contributed by atoms with E-state index in [9.17, 15) is 13.4 Å². The molecule has 3 atom stereocenters. The lowest BCUT2D eigenvalue weighted by Crippen LogP contribution is -2.22. The van der Waals surface area contributed by atoms with Crippen LogP contribution in [0.5, 0.6) is 5.88 Å². The third kappa shape index (κ3) is 3.60. The van der Waals surface area contributed by atoms with Crippen molar-refractivity contribution in [3.63, 3.8) is 0 Å². The molecule has 1 aliphatic heterocycles. The van der Waals surface area contributed by atoms with Gasteiger partial charge in [0.1, 0.15) is 17.2 Å². The smallest absolute Gasteiger partial charge is 0.354 e. The molecule has 2 heterocycles. The van der Waals surface area contributed by atoms with Crippen LogP contribution in [0.4, 0.5) is 14.9 Å². The molecule has 166 valence electrons. The number of hydrogen-bond donors (Lipinski definition) is 2. The maximum atomic E-state index is 14.1. The number of benzene rings is 1. The molecule has 2 amide bonds. The molecule has 2 aromatic rings. The Labute approximate surface area is 179 Å². The number of carbonyl (C=O) groups excluding carboxylic acids is 1. The summed E-state index contributed by atoms with van der Waals surface area (Å²) in [6.45, 7) is 0.767. The Morgan fingerprint density at radius 1 is 1.42 bits per heavy atom. The highest BCUT2D eigenvalue weighted by atomic mass is 32.2. The second kappa shape index (κ2) is 7.57. The number of hydrogen-bond acceptors (Lipinski definition) is 5. The molecule has 0 saturated carbocycles. The number of nitrogens with one attached hydrogen (secondary N) is 1. The second-order valence-electron chi connectivity index (χ2n) is 8.17. The molecule has 3 aliphatic rings. The number of carbonyl (C=O) groups is 1. The minimum atomic E-state index is -3.60. The van der Waals surface area contributed by atoms with E-state index in [1.807, 2.05) is 0 Å². The number of fused-ring (bicyclic) bond motifs is 3. The van der Waals surface area contributed by atoms with Gasteiger partial charge in [-0.05, 0) is 41.5 Å². The van der Waals surface area contributed by atoms with Crippen molar-refractivity contribution >= 4 is 21.6 Å². The molecule has 3 N–H and O–H groups in total. The maximum absolute atomic E-state index is 14.1. The van der Waals surface area contributed by atoms with Crippen LogP contribution in [-0.4, -0.2) is 46.0 Å². The minimum absolute atomic E-state index is 0.0635. The third-order valence-electron chi connectivity index (χ3n) is 6.00. The number of nitrogens with zero attached hydrogens (tertiary/aromatic N) is 3. The van der Waals surface area contributed by atoms with Crippen LogP contribution in [0.15, 0.2) is 21.5 Å². The van der Waals surface area contributed by atoms with E-state index in [0.29, 0.717) is 25.3 Å². The monoisotopic (exact) mass is 449 g/mol. The van der Waals surface area contributed by atoms with Crippen molar-refractivity contribution in [1.29, 1.82) is 0 Å². The summed E-state index contributed by atoms with van der Waals surface area (Å²) in [5, 5.41) is 12.8. The SMILES string of the molecule is COC[C@@H]1Cn2ncc([S@@](N)(=O)=NC(=O)Nc3c4c(cc5c3C[C@@H](F)C5)CCC4)c2O1. The van der Waals surface area contributed by atoms with Crippen molar-refractivity contribution in [2.75, 3.05) is 19.0 Å². The predicted octanol–water partition coefficient (Wildman–Crippen LogP) is 2.15. The van der Waals surface area contributed by atoms with E-state index in [4.69, 9.17) is 14.6 Å². The molecule has 0 fully saturated rings. The first-order chi connectivity index (χ1) is 14.9. The van der Waals surface area contributed by atoms with Gasteiger partial charge in [0.25, 0.3) is 0 Å². The zero-order valence-electron chi connectivity index (χ0n) is 17.1. The summed E-state index contributed by atoms with van der Waals surface area (Å²) in [6, 6.07) is 1.23. The van der Waals surface area contributed by atoms with E-state index in [2.05, 4.69) is 20.8 Å². The lowest BCUT2D eigenvalue weighted by atomic mass is 9.99. The Balaban J connectivity index is 1.44. The van der Waals surface area contributed by atoms with Crippen LogP contribution in [0.25, 0.3) is 0 Å². The molecular weight excluding hydrogens is 425 g/mol. The van der Waals surface area contributed by atoms with Crippen LogP contribution >= 0.6 is 0 Å². The van der Waals surface area contributed by atoms with Gasteiger partial charge in [0.2, 0.25) is 5.88 Å². The van der Waals surface area contributed by atoms with E-state index in [1.165, 1.54) is 10.9 Å². The van der Waals surface area contributed by atoms with E-state index >= 15 is 0 Å². The fraction of sp³-hybridized carbons (Fsp3) is 0.500. The number of amides is 2. The fourth-order valence-electron chi connectivity index (χ4n) is 4.72. The second-order valence-corrected chi connectivity index (χ2v) is 9.93. The van der Waals surface area contributed by atoms with Crippen molar-refractivity contribution < 1.29 is 22.9 Å². The molecule has 1 aromatic heterocycles. The van der Waals surface area contributed by atoms with Crippen molar-refractivity contribution in [3.8, 4) is 5.88 Å². The zero-order chi connectivity index (χ0) is 21.8. The average Bonchev–Trinajstić information content (AvgIpc) is 3.43. The lowest BCUT2D eigenvalue weighted by molar-refractivity contribution is 0.0920. The van der Waals surface area contributed by atoms with Gasteiger partial charge in [0.15, 0.2) is 9.92 Å². The van der Waals surface area contributed by atoms with Crippen molar-refractivity contribution in [2.24, 2.45) is 9.50 Å². The van der Waals surface area contributed by atoms with Gasteiger partial charge < -0.3 is 14.8 Å². The summed E-state index contributed by atoms with van der Waals surface area (Å²) in [5.74, 6) is 0.230. The van der Waals surface area contributed by atoms with Crippen LogP contribution in [-0.2, 0) is 46.9 Å². The van der Waals surface area contributed by atoms with Crippen LogP contribution in [0.3, 0.4) is 0 Å². The topological polar surface area (TPSA) is 121 Å². The number of nitrogens with two attached hydrogens (primary N) is 1. The third-order valence-corrected chi connectivity index (χ3v) is 7.35. The van der Waals surface area contributed by atoms with Crippen molar-refractivity contribution in [2.45, 2.75) is 55.8 Å². The molecular formula is C20H24FN5O4S. The van der Waals surface area contributed by atoms with Gasteiger partial charge in [-0.2, -0.15) is 5.10 Å². The first-order valence-electron chi connectivity index (χ1n) is 10.2. The first-order valence-corrected chi connectivity index (χ1v) is 11.8. The molecule has 0 radical (unpaired) electrons. The zero-order valence-corrected chi connectivity index (χ0v) is 17.9. The number of urea groups is 1. The average molecular weight is 450 g/mol. The Morgan fingerprint density at radius 2 is 2.26 bits per heavy atom. The quantitative estimate of drug-likeness (QED) is 0.741. The Bertz CT molecular complexity index is 1190. The van der Waals surface area contributed by atoms with Crippen molar-refractivity contribution in [3.05, 3.63) is 34.5 Å². The maximum Gasteiger partial charge on any atom is 0.354 e. The number of anilines is 1. The number of aryl methyl sites for hydroxylation is 1. The summed E-state index contributed by atoms with van der Waals surface area (Å²) in [4.78, 5) is 12.8. The number of rotatable bonds is 4. The van der Waals surface area contributed by atoms with Crippen LogP contribution in [0, 0.1) is 0 Å². The Kier molecular flexibility index (Phi) is 4.98. The van der Waals surface area contributed by atoms with Gasteiger partial charge in [-0.1, -0.05) is 6.07 Å². The largest absolute Gasteiger partial charge is 0.469 e. The first kappa shape index (κ1) is 20.4. The number of methoxy groups -OCH3 is 1. The normalized spacial score (nSPS) is 22.9. The highest BCUT2D eigenvalue weighted by Crippen LogP contribution is 2.39. The van der Waals surface area contributed by atoms with Crippen LogP contribution in [0.1, 0.15) is 28.7 Å². The lowest BCUT2D eigenvalue weighted by Gasteiger charge is -2.15. The summed E-state index contributed by atoms with van der Waals surface area (Å²) in [7, 11) is -2.04.